The Hall–Kier alpha value is -2.89. The molecule has 2 N–H and O–H groups in total. The van der Waals surface area contributed by atoms with Crippen LogP contribution < -0.4 is 14.8 Å². The monoisotopic (exact) mass is 345 g/mol. The molecule has 0 heterocycles. The fraction of sp³-hybridized carbons (Fsp3) is 0.125. The van der Waals surface area contributed by atoms with Gasteiger partial charge in [-0.05, 0) is 36.4 Å². The predicted molar refractivity (Wildman–Crippen MR) is 88.0 cm³/mol. The number of nitrogens with one attached hydrogen (secondary N) is 2. The second-order valence-electron chi connectivity index (χ2n) is 4.71. The van der Waals surface area contributed by atoms with E-state index in [0.29, 0.717) is 17.0 Å². The number of rotatable bonds is 6. The van der Waals surface area contributed by atoms with Crippen molar-refractivity contribution in [3.8, 4) is 11.8 Å². The van der Waals surface area contributed by atoms with E-state index in [-0.39, 0.29) is 4.90 Å². The van der Waals surface area contributed by atoms with Crippen LogP contribution in [0.25, 0.3) is 0 Å². The lowest BCUT2D eigenvalue weighted by molar-refractivity contribution is -0.115. The number of nitriles is 1. The van der Waals surface area contributed by atoms with E-state index in [9.17, 15) is 13.2 Å². The van der Waals surface area contributed by atoms with Crippen LogP contribution in [-0.4, -0.2) is 28.0 Å². The number of nitrogens with zero attached hydrogens (tertiary/aromatic N) is 1. The van der Waals surface area contributed by atoms with E-state index in [1.54, 1.807) is 24.3 Å². The van der Waals surface area contributed by atoms with E-state index in [1.807, 2.05) is 6.07 Å². The van der Waals surface area contributed by atoms with E-state index < -0.39 is 22.5 Å². The van der Waals surface area contributed by atoms with Crippen molar-refractivity contribution in [2.75, 3.05) is 19.0 Å². The Kier molecular flexibility index (Phi) is 5.52. The highest BCUT2D eigenvalue weighted by atomic mass is 32.2. The summed E-state index contributed by atoms with van der Waals surface area (Å²) in [5, 5.41) is 11.5. The number of methoxy groups -OCH3 is 1. The van der Waals surface area contributed by atoms with Crippen molar-refractivity contribution in [2.24, 2.45) is 0 Å². The number of sulfonamides is 1. The molecular formula is C16H15N3O4S. The van der Waals surface area contributed by atoms with E-state index in [4.69, 9.17) is 10.00 Å². The third-order valence-corrected chi connectivity index (χ3v) is 4.53. The summed E-state index contributed by atoms with van der Waals surface area (Å²) in [6, 6.07) is 14.2. The second-order valence-corrected chi connectivity index (χ2v) is 6.47. The van der Waals surface area contributed by atoms with E-state index in [0.717, 1.165) is 0 Å². The molecule has 0 aromatic heterocycles. The Labute approximate surface area is 139 Å². The van der Waals surface area contributed by atoms with Crippen molar-refractivity contribution >= 4 is 21.6 Å². The topological polar surface area (TPSA) is 108 Å². The quantitative estimate of drug-likeness (QED) is 0.824. The van der Waals surface area contributed by atoms with Gasteiger partial charge in [-0.2, -0.15) is 5.26 Å². The van der Waals surface area contributed by atoms with E-state index in [1.165, 1.54) is 31.4 Å². The summed E-state index contributed by atoms with van der Waals surface area (Å²) >= 11 is 0. The van der Waals surface area contributed by atoms with Gasteiger partial charge in [-0.25, -0.2) is 13.1 Å². The number of anilines is 1. The van der Waals surface area contributed by atoms with Gasteiger partial charge < -0.3 is 10.1 Å². The van der Waals surface area contributed by atoms with Gasteiger partial charge in [0, 0.05) is 0 Å². The fourth-order valence-electron chi connectivity index (χ4n) is 1.88. The van der Waals surface area contributed by atoms with Crippen LogP contribution in [0.1, 0.15) is 5.56 Å². The standard InChI is InChI=1S/C16H15N3O4S/c1-23-13-6-8-14(9-7-13)24(21,22)18-11-16(20)19-15-5-3-2-4-12(15)10-17/h2-9,18H,11H2,1H3,(H,19,20). The maximum Gasteiger partial charge on any atom is 0.241 e. The maximum atomic E-state index is 12.1. The highest BCUT2D eigenvalue weighted by Crippen LogP contribution is 2.15. The third-order valence-electron chi connectivity index (χ3n) is 3.11. The van der Waals surface area contributed by atoms with Crippen LogP contribution in [-0.2, 0) is 14.8 Å². The summed E-state index contributed by atoms with van der Waals surface area (Å²) in [7, 11) is -2.34. The number of hydrogen-bond acceptors (Lipinski definition) is 5. The third kappa shape index (κ3) is 4.32. The first-order valence-electron chi connectivity index (χ1n) is 6.89. The summed E-state index contributed by atoms with van der Waals surface area (Å²) < 4.78 is 31.4. The molecular weight excluding hydrogens is 330 g/mol. The van der Waals surface area contributed by atoms with Gasteiger partial charge in [0.2, 0.25) is 15.9 Å². The number of amides is 1. The molecule has 124 valence electrons. The van der Waals surface area contributed by atoms with E-state index in [2.05, 4.69) is 10.0 Å². The highest BCUT2D eigenvalue weighted by molar-refractivity contribution is 7.89. The predicted octanol–water partition coefficient (Wildman–Crippen LogP) is 1.48. The molecule has 0 radical (unpaired) electrons. The van der Waals surface area contributed by atoms with Crippen molar-refractivity contribution in [2.45, 2.75) is 4.90 Å². The molecule has 0 unspecified atom stereocenters. The number of carbonyl (C=O) groups excluding carboxylic acids is 1. The number of para-hydroxylation sites is 1. The first kappa shape index (κ1) is 17.5. The molecule has 2 aromatic rings. The van der Waals surface area contributed by atoms with Crippen molar-refractivity contribution in [3.63, 3.8) is 0 Å². The molecule has 0 atom stereocenters. The first-order chi connectivity index (χ1) is 11.5. The zero-order valence-corrected chi connectivity index (χ0v) is 13.6. The van der Waals surface area contributed by atoms with Gasteiger partial charge in [0.15, 0.2) is 0 Å². The Balaban J connectivity index is 2.01. The van der Waals surface area contributed by atoms with Gasteiger partial charge in [0.1, 0.15) is 11.8 Å². The molecule has 2 aromatic carbocycles. The molecule has 2 rings (SSSR count). The highest BCUT2D eigenvalue weighted by Gasteiger charge is 2.16. The van der Waals surface area contributed by atoms with Crippen LogP contribution in [0.15, 0.2) is 53.4 Å². The second kappa shape index (κ2) is 7.59. The van der Waals surface area contributed by atoms with Gasteiger partial charge in [-0.15, -0.1) is 0 Å². The largest absolute Gasteiger partial charge is 0.497 e. The van der Waals surface area contributed by atoms with Crippen molar-refractivity contribution in [1.82, 2.24) is 4.72 Å². The number of carbonyl (C=O) groups is 1. The lowest BCUT2D eigenvalue weighted by Gasteiger charge is -2.09. The summed E-state index contributed by atoms with van der Waals surface area (Å²) in [6.07, 6.45) is 0. The summed E-state index contributed by atoms with van der Waals surface area (Å²) in [4.78, 5) is 11.9. The van der Waals surface area contributed by atoms with Crippen LogP contribution in [0.5, 0.6) is 5.75 Å². The summed E-state index contributed by atoms with van der Waals surface area (Å²) in [5.74, 6) is -0.0467. The number of hydrogen-bond donors (Lipinski definition) is 2. The molecule has 1 amide bonds. The van der Waals surface area contributed by atoms with Crippen molar-refractivity contribution < 1.29 is 17.9 Å². The maximum absolute atomic E-state index is 12.1. The molecule has 8 heteroatoms. The van der Waals surface area contributed by atoms with Gasteiger partial charge in [-0.3, -0.25) is 4.79 Å². The fourth-order valence-corrected chi connectivity index (χ4v) is 2.86. The zero-order valence-electron chi connectivity index (χ0n) is 12.8. The average molecular weight is 345 g/mol. The Morgan fingerprint density at radius 3 is 2.46 bits per heavy atom. The van der Waals surface area contributed by atoms with Gasteiger partial charge in [0.05, 0.1) is 29.8 Å². The molecule has 0 spiro atoms. The molecule has 0 aliphatic carbocycles. The Morgan fingerprint density at radius 1 is 1.17 bits per heavy atom. The minimum atomic E-state index is -3.82. The molecule has 0 saturated carbocycles. The first-order valence-corrected chi connectivity index (χ1v) is 8.37. The van der Waals surface area contributed by atoms with Crippen molar-refractivity contribution in [1.29, 1.82) is 5.26 Å². The Morgan fingerprint density at radius 2 is 1.83 bits per heavy atom. The molecule has 7 nitrogen and oxygen atoms in total. The smallest absolute Gasteiger partial charge is 0.241 e. The van der Waals surface area contributed by atoms with Crippen LogP contribution >= 0.6 is 0 Å². The molecule has 24 heavy (non-hydrogen) atoms. The SMILES string of the molecule is COc1ccc(S(=O)(=O)NCC(=O)Nc2ccccc2C#N)cc1. The number of ether oxygens (including phenoxy) is 1. The minimum absolute atomic E-state index is 0.0218. The van der Waals surface area contributed by atoms with E-state index >= 15 is 0 Å². The lowest BCUT2D eigenvalue weighted by atomic mass is 10.2. The van der Waals surface area contributed by atoms with Gasteiger partial charge in [-0.1, -0.05) is 12.1 Å². The van der Waals surface area contributed by atoms with Crippen molar-refractivity contribution in [3.05, 3.63) is 54.1 Å². The molecule has 0 aliphatic rings. The molecule has 0 saturated heterocycles. The molecule has 0 bridgehead atoms. The van der Waals surface area contributed by atoms with Crippen LogP contribution in [0.4, 0.5) is 5.69 Å². The normalized spacial score (nSPS) is 10.7. The van der Waals surface area contributed by atoms with Crippen LogP contribution in [0.3, 0.4) is 0 Å². The number of benzene rings is 2. The molecule has 0 fully saturated rings. The molecule has 0 aliphatic heterocycles. The van der Waals surface area contributed by atoms with Crippen LogP contribution in [0, 0.1) is 11.3 Å². The Bertz CT molecular complexity index is 871. The van der Waals surface area contributed by atoms with Gasteiger partial charge >= 0.3 is 0 Å². The summed E-state index contributed by atoms with van der Waals surface area (Å²) in [5.41, 5.74) is 0.623. The minimum Gasteiger partial charge on any atom is -0.497 e. The zero-order chi connectivity index (χ0) is 17.6. The average Bonchev–Trinajstić information content (AvgIpc) is 2.60. The van der Waals surface area contributed by atoms with Crippen LogP contribution in [0.2, 0.25) is 0 Å². The summed E-state index contributed by atoms with van der Waals surface area (Å²) in [6.45, 7) is -0.450. The van der Waals surface area contributed by atoms with Gasteiger partial charge in [0.25, 0.3) is 0 Å². The lowest BCUT2D eigenvalue weighted by Crippen LogP contribution is -2.33.